The van der Waals surface area contributed by atoms with Crippen molar-refractivity contribution in [3.8, 4) is 0 Å². The van der Waals surface area contributed by atoms with Gasteiger partial charge in [-0.2, -0.15) is 0 Å². The van der Waals surface area contributed by atoms with Crippen LogP contribution in [0.25, 0.3) is 11.1 Å². The molecule has 0 aliphatic carbocycles. The highest BCUT2D eigenvalue weighted by Crippen LogP contribution is 2.33. The number of carbonyl (C=O) groups is 1. The Labute approximate surface area is 177 Å². The zero-order chi connectivity index (χ0) is 19.1. The minimum absolute atomic E-state index is 0. The minimum Gasteiger partial charge on any atom is -0.440 e. The van der Waals surface area contributed by atoms with Crippen LogP contribution in [0.2, 0.25) is 0 Å². The number of ether oxygens (including phenoxy) is 1. The van der Waals surface area contributed by atoms with Gasteiger partial charge in [-0.1, -0.05) is 12.5 Å². The molecule has 29 heavy (non-hydrogen) atoms. The molecule has 3 aliphatic rings. The van der Waals surface area contributed by atoms with Gasteiger partial charge in [0.05, 0.1) is 5.56 Å². The molecule has 1 aromatic carbocycles. The average Bonchev–Trinajstić information content (AvgIpc) is 3.14. The second-order valence-corrected chi connectivity index (χ2v) is 8.64. The lowest BCUT2D eigenvalue weighted by Gasteiger charge is -2.47. The maximum atomic E-state index is 13.1. The van der Waals surface area contributed by atoms with Crippen LogP contribution in [0.1, 0.15) is 67.1 Å². The Kier molecular flexibility index (Phi) is 6.13. The topological polar surface area (TPSA) is 67.6 Å². The van der Waals surface area contributed by atoms with Gasteiger partial charge in [-0.3, -0.25) is 4.79 Å². The van der Waals surface area contributed by atoms with E-state index in [1.807, 2.05) is 18.2 Å². The molecule has 0 spiro atoms. The molecular formula is C22H30ClN3O3. The van der Waals surface area contributed by atoms with Crippen molar-refractivity contribution >= 4 is 29.4 Å². The fourth-order valence-electron chi connectivity index (χ4n) is 5.26. The van der Waals surface area contributed by atoms with Crippen LogP contribution in [0.5, 0.6) is 0 Å². The lowest BCUT2D eigenvalue weighted by Crippen LogP contribution is -2.55. The number of hydrogen-bond acceptors (Lipinski definition) is 5. The second kappa shape index (κ2) is 8.62. The molecule has 6 nitrogen and oxygen atoms in total. The van der Waals surface area contributed by atoms with Crippen molar-refractivity contribution < 1.29 is 13.9 Å². The van der Waals surface area contributed by atoms with E-state index in [4.69, 9.17) is 14.1 Å². The number of rotatable bonds is 3. The third kappa shape index (κ3) is 4.03. The molecule has 1 N–H and O–H groups in total. The number of hydrogen-bond donors (Lipinski definition) is 1. The summed E-state index contributed by atoms with van der Waals surface area (Å²) in [6, 6.07) is 7.10. The molecule has 5 rings (SSSR count). The summed E-state index contributed by atoms with van der Waals surface area (Å²) in [5, 5.41) is 3.30. The SMILES string of the molecule is CN1C2CCCC1CC(NC(=O)c1cccc3oc(C4CCOCC4)nc13)C2.Cl. The molecule has 4 heterocycles. The molecule has 2 bridgehead atoms. The van der Waals surface area contributed by atoms with Crippen LogP contribution in [-0.2, 0) is 4.74 Å². The Balaban J connectivity index is 0.00000205. The molecule has 7 heteroatoms. The number of piperidine rings is 2. The quantitative estimate of drug-likeness (QED) is 0.817. The number of amides is 1. The van der Waals surface area contributed by atoms with Gasteiger partial charge in [0.25, 0.3) is 5.91 Å². The summed E-state index contributed by atoms with van der Waals surface area (Å²) in [4.78, 5) is 20.3. The van der Waals surface area contributed by atoms with Gasteiger partial charge in [0.15, 0.2) is 11.5 Å². The van der Waals surface area contributed by atoms with Crippen LogP contribution < -0.4 is 5.32 Å². The Bertz CT molecular complexity index is 850. The van der Waals surface area contributed by atoms with Gasteiger partial charge in [0.2, 0.25) is 0 Å². The molecule has 1 amide bonds. The van der Waals surface area contributed by atoms with Crippen molar-refractivity contribution in [1.29, 1.82) is 0 Å². The number of aromatic nitrogens is 1. The molecule has 0 radical (unpaired) electrons. The van der Waals surface area contributed by atoms with Crippen LogP contribution in [0.4, 0.5) is 0 Å². The fourth-order valence-corrected chi connectivity index (χ4v) is 5.26. The summed E-state index contributed by atoms with van der Waals surface area (Å²) < 4.78 is 11.5. The lowest BCUT2D eigenvalue weighted by molar-refractivity contribution is 0.0463. The van der Waals surface area contributed by atoms with E-state index >= 15 is 0 Å². The molecule has 3 saturated heterocycles. The summed E-state index contributed by atoms with van der Waals surface area (Å²) in [6.45, 7) is 1.49. The third-order valence-corrected chi connectivity index (χ3v) is 6.93. The van der Waals surface area contributed by atoms with Crippen molar-refractivity contribution in [2.24, 2.45) is 0 Å². The standard InChI is InChI=1S/C22H29N3O3.ClH/c1-25-16-4-2-5-17(25)13-15(12-16)23-21(26)18-6-3-7-19-20(18)24-22(28-19)14-8-10-27-11-9-14;/h3,6-7,14-17H,2,4-5,8-13H2,1H3,(H,23,26);1H. The number of benzene rings is 1. The van der Waals surface area contributed by atoms with Crippen LogP contribution in [0.3, 0.4) is 0 Å². The average molecular weight is 420 g/mol. The predicted octanol–water partition coefficient (Wildman–Crippen LogP) is 3.89. The first-order valence-electron chi connectivity index (χ1n) is 10.7. The highest BCUT2D eigenvalue weighted by molar-refractivity contribution is 6.04. The van der Waals surface area contributed by atoms with E-state index < -0.39 is 0 Å². The molecule has 0 saturated carbocycles. The highest BCUT2D eigenvalue weighted by atomic mass is 35.5. The third-order valence-electron chi connectivity index (χ3n) is 6.93. The molecular weight excluding hydrogens is 390 g/mol. The molecule has 3 fully saturated rings. The van der Waals surface area contributed by atoms with Crippen molar-refractivity contribution in [1.82, 2.24) is 15.2 Å². The molecule has 158 valence electrons. The van der Waals surface area contributed by atoms with Crippen molar-refractivity contribution in [3.05, 3.63) is 29.7 Å². The summed E-state index contributed by atoms with van der Waals surface area (Å²) in [7, 11) is 2.24. The van der Waals surface area contributed by atoms with Gasteiger partial charge in [-0.15, -0.1) is 12.4 Å². The molecule has 2 unspecified atom stereocenters. The number of halogens is 1. The maximum absolute atomic E-state index is 13.1. The smallest absolute Gasteiger partial charge is 0.253 e. The summed E-state index contributed by atoms with van der Waals surface area (Å²) in [5.41, 5.74) is 2.02. The molecule has 2 atom stereocenters. The van der Waals surface area contributed by atoms with Gasteiger partial charge in [0, 0.05) is 37.3 Å². The van der Waals surface area contributed by atoms with Crippen LogP contribution in [0, 0.1) is 0 Å². The Morgan fingerprint density at radius 1 is 1.14 bits per heavy atom. The zero-order valence-corrected chi connectivity index (χ0v) is 17.7. The monoisotopic (exact) mass is 419 g/mol. The number of nitrogens with zero attached hydrogens (tertiary/aromatic N) is 2. The van der Waals surface area contributed by atoms with Crippen LogP contribution >= 0.6 is 12.4 Å². The van der Waals surface area contributed by atoms with E-state index in [0.29, 0.717) is 28.7 Å². The summed E-state index contributed by atoms with van der Waals surface area (Å²) in [5.74, 6) is 1.00. The Morgan fingerprint density at radius 3 is 2.59 bits per heavy atom. The van der Waals surface area contributed by atoms with Crippen LogP contribution in [0.15, 0.2) is 22.6 Å². The molecule has 2 aromatic rings. The lowest BCUT2D eigenvalue weighted by atomic mass is 9.82. The number of para-hydroxylation sites is 1. The van der Waals surface area contributed by atoms with Crippen molar-refractivity contribution in [3.63, 3.8) is 0 Å². The van der Waals surface area contributed by atoms with Crippen molar-refractivity contribution in [2.45, 2.75) is 69.0 Å². The largest absolute Gasteiger partial charge is 0.440 e. The number of nitrogens with one attached hydrogen (secondary N) is 1. The van der Waals surface area contributed by atoms with Gasteiger partial charge in [0.1, 0.15) is 5.52 Å². The first kappa shape index (κ1) is 20.6. The van der Waals surface area contributed by atoms with Crippen LogP contribution in [-0.4, -0.2) is 54.2 Å². The first-order chi connectivity index (χ1) is 13.7. The van der Waals surface area contributed by atoms with Gasteiger partial charge in [-0.25, -0.2) is 4.98 Å². The number of carbonyl (C=O) groups excluding carboxylic acids is 1. The Morgan fingerprint density at radius 2 is 1.86 bits per heavy atom. The first-order valence-corrected chi connectivity index (χ1v) is 10.7. The Hall–Kier alpha value is -1.63. The van der Waals surface area contributed by atoms with E-state index in [1.165, 1.54) is 19.3 Å². The van der Waals surface area contributed by atoms with E-state index in [2.05, 4.69) is 17.3 Å². The van der Waals surface area contributed by atoms with E-state index in [0.717, 1.165) is 44.8 Å². The maximum Gasteiger partial charge on any atom is 0.253 e. The number of oxazole rings is 1. The van der Waals surface area contributed by atoms with Gasteiger partial charge in [-0.05, 0) is 57.7 Å². The fraction of sp³-hybridized carbons (Fsp3) is 0.636. The zero-order valence-electron chi connectivity index (χ0n) is 16.9. The normalized spacial score (nSPS) is 28.1. The van der Waals surface area contributed by atoms with Gasteiger partial charge >= 0.3 is 0 Å². The van der Waals surface area contributed by atoms with E-state index in [1.54, 1.807) is 0 Å². The predicted molar refractivity (Wildman–Crippen MR) is 114 cm³/mol. The molecule has 3 aliphatic heterocycles. The van der Waals surface area contributed by atoms with Gasteiger partial charge < -0.3 is 19.4 Å². The van der Waals surface area contributed by atoms with Crippen molar-refractivity contribution in [2.75, 3.05) is 20.3 Å². The second-order valence-electron chi connectivity index (χ2n) is 8.64. The molecule has 1 aromatic heterocycles. The van der Waals surface area contributed by atoms with E-state index in [9.17, 15) is 4.79 Å². The summed E-state index contributed by atoms with van der Waals surface area (Å²) in [6.07, 6.45) is 7.73. The minimum atomic E-state index is -0.0231. The summed E-state index contributed by atoms with van der Waals surface area (Å²) >= 11 is 0. The number of fused-ring (bicyclic) bond motifs is 3. The van der Waals surface area contributed by atoms with E-state index in [-0.39, 0.29) is 30.3 Å². The highest BCUT2D eigenvalue weighted by Gasteiger charge is 2.36.